The summed E-state index contributed by atoms with van der Waals surface area (Å²) in [4.78, 5) is 2.38. The fourth-order valence-electron chi connectivity index (χ4n) is 5.82. The maximum atomic E-state index is 10.4. The number of hydrogen-bond acceptors (Lipinski definition) is 3. The summed E-state index contributed by atoms with van der Waals surface area (Å²) in [6, 6.07) is 0.680. The van der Waals surface area contributed by atoms with E-state index in [4.69, 9.17) is 4.74 Å². The van der Waals surface area contributed by atoms with E-state index in [1.165, 1.54) is 51.4 Å². The number of nitrogens with zero attached hydrogens (tertiary/aromatic N) is 1. The van der Waals surface area contributed by atoms with Crippen molar-refractivity contribution >= 4 is 0 Å². The maximum absolute atomic E-state index is 10.4. The molecule has 0 aromatic rings. The highest BCUT2D eigenvalue weighted by Crippen LogP contribution is 2.66. The lowest BCUT2D eigenvalue weighted by Gasteiger charge is -2.39. The Hall–Kier alpha value is -0.120. The minimum absolute atomic E-state index is 0.253. The molecule has 140 valence electrons. The summed E-state index contributed by atoms with van der Waals surface area (Å²) in [6.45, 7) is 8.80. The smallest absolute Gasteiger partial charge is 0.0689 e. The average molecular weight is 338 g/mol. The van der Waals surface area contributed by atoms with E-state index in [-0.39, 0.29) is 6.10 Å². The van der Waals surface area contributed by atoms with Crippen molar-refractivity contribution in [3.63, 3.8) is 0 Å². The first-order chi connectivity index (χ1) is 11.3. The quantitative estimate of drug-likeness (QED) is 0.754. The lowest BCUT2D eigenvalue weighted by Crippen LogP contribution is -2.40. The maximum Gasteiger partial charge on any atom is 0.0689 e. The third-order valence-corrected chi connectivity index (χ3v) is 8.18. The van der Waals surface area contributed by atoms with Gasteiger partial charge >= 0.3 is 0 Å². The Bertz CT molecular complexity index is 418. The summed E-state index contributed by atoms with van der Waals surface area (Å²) >= 11 is 0. The third-order valence-electron chi connectivity index (χ3n) is 8.18. The second kappa shape index (κ2) is 7.25. The highest BCUT2D eigenvalue weighted by atomic mass is 16.5. The predicted octanol–water partition coefficient (Wildman–Crippen LogP) is 4.23. The summed E-state index contributed by atoms with van der Waals surface area (Å²) in [5, 5.41) is 10.4. The lowest BCUT2D eigenvalue weighted by atomic mass is 9.70. The Labute approximate surface area is 149 Å². The molecule has 3 saturated carbocycles. The summed E-state index contributed by atoms with van der Waals surface area (Å²) < 4.78 is 6.29. The van der Waals surface area contributed by atoms with Crippen LogP contribution >= 0.6 is 0 Å². The van der Waals surface area contributed by atoms with Crippen LogP contribution in [0.1, 0.15) is 78.6 Å². The monoisotopic (exact) mass is 337 g/mol. The van der Waals surface area contributed by atoms with Crippen LogP contribution in [0.3, 0.4) is 0 Å². The zero-order valence-corrected chi connectivity index (χ0v) is 16.4. The van der Waals surface area contributed by atoms with Gasteiger partial charge in [-0.3, -0.25) is 0 Å². The van der Waals surface area contributed by atoms with Gasteiger partial charge < -0.3 is 14.7 Å². The Morgan fingerprint density at radius 1 is 1.12 bits per heavy atom. The van der Waals surface area contributed by atoms with Gasteiger partial charge in [-0.1, -0.05) is 40.0 Å². The molecule has 3 nitrogen and oxygen atoms in total. The molecule has 0 aromatic carbocycles. The van der Waals surface area contributed by atoms with Gasteiger partial charge in [0.2, 0.25) is 0 Å². The molecule has 3 aliphatic rings. The van der Waals surface area contributed by atoms with Crippen LogP contribution in [0.25, 0.3) is 0 Å². The predicted molar refractivity (Wildman–Crippen MR) is 99.1 cm³/mol. The first-order valence-electron chi connectivity index (χ1n) is 10.3. The molecule has 4 atom stereocenters. The number of aliphatic hydroxyl groups is 1. The summed E-state index contributed by atoms with van der Waals surface area (Å²) in [7, 11) is 2.18. The van der Waals surface area contributed by atoms with Crippen LogP contribution in [0.15, 0.2) is 0 Å². The first-order valence-corrected chi connectivity index (χ1v) is 10.3. The van der Waals surface area contributed by atoms with E-state index in [2.05, 4.69) is 32.7 Å². The van der Waals surface area contributed by atoms with Gasteiger partial charge in [0.25, 0.3) is 0 Å². The number of rotatable bonds is 7. The molecule has 0 aromatic heterocycles. The molecule has 2 bridgehead atoms. The second-order valence-electron chi connectivity index (χ2n) is 9.64. The van der Waals surface area contributed by atoms with Crippen LogP contribution in [0.4, 0.5) is 0 Å². The molecule has 3 fully saturated rings. The lowest BCUT2D eigenvalue weighted by molar-refractivity contribution is -0.0568. The van der Waals surface area contributed by atoms with E-state index in [0.29, 0.717) is 29.6 Å². The van der Waals surface area contributed by atoms with Crippen LogP contribution in [0.2, 0.25) is 0 Å². The number of ether oxygens (including phenoxy) is 1. The Kier molecular flexibility index (Phi) is 5.64. The Morgan fingerprint density at radius 3 is 2.42 bits per heavy atom. The van der Waals surface area contributed by atoms with Crippen molar-refractivity contribution in [3.05, 3.63) is 0 Å². The van der Waals surface area contributed by atoms with Crippen LogP contribution in [0.5, 0.6) is 0 Å². The van der Waals surface area contributed by atoms with Crippen LogP contribution in [0, 0.1) is 16.7 Å². The van der Waals surface area contributed by atoms with E-state index in [9.17, 15) is 5.11 Å². The van der Waals surface area contributed by atoms with Gasteiger partial charge in [-0.2, -0.15) is 0 Å². The first kappa shape index (κ1) is 18.7. The second-order valence-corrected chi connectivity index (χ2v) is 9.64. The minimum atomic E-state index is -0.253. The summed E-state index contributed by atoms with van der Waals surface area (Å²) in [6.07, 6.45) is 11.5. The Morgan fingerprint density at radius 2 is 1.83 bits per heavy atom. The molecule has 4 unspecified atom stereocenters. The number of hydrogen-bond donors (Lipinski definition) is 1. The molecule has 3 aliphatic carbocycles. The van der Waals surface area contributed by atoms with Gasteiger partial charge in [-0.25, -0.2) is 0 Å². The molecule has 24 heavy (non-hydrogen) atoms. The van der Waals surface area contributed by atoms with Gasteiger partial charge in [0.15, 0.2) is 0 Å². The molecule has 0 spiro atoms. The highest BCUT2D eigenvalue weighted by Gasteiger charge is 2.61. The molecule has 0 saturated heterocycles. The number of fused-ring (bicyclic) bond motifs is 2. The van der Waals surface area contributed by atoms with Gasteiger partial charge in [-0.15, -0.1) is 0 Å². The van der Waals surface area contributed by atoms with Crippen molar-refractivity contribution < 1.29 is 9.84 Å². The molecule has 0 amide bonds. The normalized spacial score (nSPS) is 37.2. The summed E-state index contributed by atoms with van der Waals surface area (Å²) in [5.74, 6) is 0.829. The van der Waals surface area contributed by atoms with Crippen molar-refractivity contribution in [2.45, 2.75) is 96.8 Å². The van der Waals surface area contributed by atoms with Crippen molar-refractivity contribution in [1.82, 2.24) is 4.90 Å². The topological polar surface area (TPSA) is 32.7 Å². The van der Waals surface area contributed by atoms with Crippen molar-refractivity contribution in [2.75, 3.05) is 20.2 Å². The molecule has 0 heterocycles. The van der Waals surface area contributed by atoms with Gasteiger partial charge in [-0.05, 0) is 62.3 Å². The van der Waals surface area contributed by atoms with Crippen LogP contribution in [-0.4, -0.2) is 48.5 Å². The van der Waals surface area contributed by atoms with Crippen LogP contribution < -0.4 is 0 Å². The number of aliphatic hydroxyl groups excluding tert-OH is 1. The van der Waals surface area contributed by atoms with E-state index in [0.717, 1.165) is 18.9 Å². The number of likely N-dealkylation sites (N-methyl/N-ethyl adjacent to an activating group) is 1. The SMILES string of the molecule is CN(CC(O)CCOC1CC2CCC1(C)C2(C)C)C1CCCCC1. The average Bonchev–Trinajstić information content (AvgIpc) is 2.89. The zero-order chi connectivity index (χ0) is 17.4. The molecule has 0 radical (unpaired) electrons. The van der Waals surface area contributed by atoms with E-state index in [1.54, 1.807) is 0 Å². The molecule has 3 rings (SSSR count). The van der Waals surface area contributed by atoms with E-state index < -0.39 is 0 Å². The van der Waals surface area contributed by atoms with Gasteiger partial charge in [0.05, 0.1) is 12.2 Å². The fraction of sp³-hybridized carbons (Fsp3) is 1.00. The molecule has 3 heteroatoms. The largest absolute Gasteiger partial charge is 0.392 e. The molecule has 0 aliphatic heterocycles. The third kappa shape index (κ3) is 3.41. The Balaban J connectivity index is 1.39. The summed E-state index contributed by atoms with van der Waals surface area (Å²) in [5.41, 5.74) is 0.749. The van der Waals surface area contributed by atoms with Gasteiger partial charge in [0.1, 0.15) is 0 Å². The zero-order valence-electron chi connectivity index (χ0n) is 16.4. The van der Waals surface area contributed by atoms with E-state index >= 15 is 0 Å². The van der Waals surface area contributed by atoms with Crippen molar-refractivity contribution in [1.29, 1.82) is 0 Å². The van der Waals surface area contributed by atoms with Crippen molar-refractivity contribution in [2.24, 2.45) is 16.7 Å². The minimum Gasteiger partial charge on any atom is -0.392 e. The van der Waals surface area contributed by atoms with E-state index in [1.807, 2.05) is 0 Å². The van der Waals surface area contributed by atoms with Crippen molar-refractivity contribution in [3.8, 4) is 0 Å². The highest BCUT2D eigenvalue weighted by molar-refractivity contribution is 5.11. The van der Waals surface area contributed by atoms with Crippen LogP contribution in [-0.2, 0) is 4.74 Å². The standard InChI is InChI=1S/C21H39NO2/c1-20(2)16-10-12-21(20,3)19(14-16)24-13-11-18(23)15-22(4)17-8-6-5-7-9-17/h16-19,23H,5-15H2,1-4H3. The van der Waals surface area contributed by atoms with Gasteiger partial charge in [0, 0.05) is 19.2 Å². The fourth-order valence-corrected chi connectivity index (χ4v) is 5.82. The molecular formula is C21H39NO2. The molecule has 1 N–H and O–H groups in total. The molecular weight excluding hydrogens is 298 g/mol.